The summed E-state index contributed by atoms with van der Waals surface area (Å²) in [4.78, 5) is 10.7. The number of rotatable bonds is 4. The van der Waals surface area contributed by atoms with E-state index >= 15 is 0 Å². The molecule has 2 unspecified atom stereocenters. The zero-order chi connectivity index (χ0) is 13.4. The second-order valence-corrected chi connectivity index (χ2v) is 8.64. The van der Waals surface area contributed by atoms with E-state index in [1.165, 1.54) is 7.05 Å². The molecule has 0 radical (unpaired) electrons. The van der Waals surface area contributed by atoms with Crippen molar-refractivity contribution >= 4 is 25.8 Å². The van der Waals surface area contributed by atoms with Crippen LogP contribution in [-0.4, -0.2) is 62.1 Å². The van der Waals surface area contributed by atoms with Crippen LogP contribution in [0.4, 0.5) is 0 Å². The summed E-state index contributed by atoms with van der Waals surface area (Å²) >= 11 is 0. The summed E-state index contributed by atoms with van der Waals surface area (Å²) < 4.78 is 47.0. The average Bonchev–Trinajstić information content (AvgIpc) is 2.56. The van der Waals surface area contributed by atoms with Gasteiger partial charge in [-0.25, -0.2) is 21.1 Å². The van der Waals surface area contributed by atoms with Crippen LogP contribution >= 0.6 is 0 Å². The van der Waals surface area contributed by atoms with E-state index < -0.39 is 37.1 Å². The molecule has 2 atom stereocenters. The molecule has 0 aromatic heterocycles. The lowest BCUT2D eigenvalue weighted by molar-refractivity contribution is -0.136. The highest BCUT2D eigenvalue weighted by molar-refractivity contribution is 7.92. The van der Waals surface area contributed by atoms with Gasteiger partial charge in [-0.15, -0.1) is 0 Å². The topological polar surface area (TPSA) is 109 Å². The molecule has 1 rings (SSSR count). The molecule has 0 spiro atoms. The van der Waals surface area contributed by atoms with E-state index in [1.54, 1.807) is 0 Å². The molecule has 7 nitrogen and oxygen atoms in total. The number of carboxylic acid groups (broad SMARTS) is 1. The molecule has 0 saturated carbocycles. The van der Waals surface area contributed by atoms with Crippen molar-refractivity contribution in [1.29, 1.82) is 0 Å². The molecule has 9 heteroatoms. The van der Waals surface area contributed by atoms with E-state index in [0.29, 0.717) is 0 Å². The normalized spacial score (nSPS) is 25.9. The van der Waals surface area contributed by atoms with Gasteiger partial charge in [0.05, 0.1) is 11.5 Å². The number of sulfone groups is 1. The first-order chi connectivity index (χ1) is 7.58. The summed E-state index contributed by atoms with van der Waals surface area (Å²) in [6, 6.07) is -0.660. The maximum absolute atomic E-state index is 11.8. The lowest BCUT2D eigenvalue weighted by Gasteiger charge is -2.24. The van der Waals surface area contributed by atoms with E-state index in [9.17, 15) is 21.6 Å². The molecule has 17 heavy (non-hydrogen) atoms. The second kappa shape index (κ2) is 4.54. The van der Waals surface area contributed by atoms with Crippen LogP contribution in [0.15, 0.2) is 0 Å². The van der Waals surface area contributed by atoms with Gasteiger partial charge >= 0.3 is 5.97 Å². The highest BCUT2D eigenvalue weighted by Gasteiger charge is 2.40. The predicted molar refractivity (Wildman–Crippen MR) is 60.8 cm³/mol. The fraction of sp³-hybridized carbons (Fsp3) is 0.875. The van der Waals surface area contributed by atoms with Crippen molar-refractivity contribution in [2.24, 2.45) is 0 Å². The maximum Gasteiger partial charge on any atom is 0.323 e. The van der Waals surface area contributed by atoms with Crippen LogP contribution in [0.2, 0.25) is 0 Å². The Balaban J connectivity index is 2.91. The second-order valence-electron chi connectivity index (χ2n) is 4.10. The van der Waals surface area contributed by atoms with Gasteiger partial charge in [0, 0.05) is 13.1 Å². The Morgan fingerprint density at radius 2 is 2.00 bits per heavy atom. The van der Waals surface area contributed by atoms with Crippen molar-refractivity contribution in [2.75, 3.05) is 18.6 Å². The van der Waals surface area contributed by atoms with Crippen LogP contribution in [-0.2, 0) is 24.7 Å². The molecule has 1 saturated heterocycles. The molecule has 0 aromatic rings. The fourth-order valence-electron chi connectivity index (χ4n) is 1.65. The van der Waals surface area contributed by atoms with Crippen LogP contribution in [0.3, 0.4) is 0 Å². The van der Waals surface area contributed by atoms with Crippen molar-refractivity contribution in [3.63, 3.8) is 0 Å². The molecule has 0 amide bonds. The summed E-state index contributed by atoms with van der Waals surface area (Å²) in [5, 5.41) is 7.11. The van der Waals surface area contributed by atoms with E-state index in [2.05, 4.69) is 0 Å². The highest BCUT2D eigenvalue weighted by Crippen LogP contribution is 2.21. The SMILES string of the molecule is CC(C(=O)O)S(=O)(=O)N(C)C1CCS(=O)(=O)C1. The monoisotopic (exact) mass is 285 g/mol. The maximum atomic E-state index is 11.8. The minimum atomic E-state index is -4.00. The summed E-state index contributed by atoms with van der Waals surface area (Å²) in [5.41, 5.74) is 0. The number of nitrogens with zero attached hydrogens (tertiary/aromatic N) is 1. The number of hydrogen-bond acceptors (Lipinski definition) is 5. The summed E-state index contributed by atoms with van der Waals surface area (Å²) in [5.74, 6) is -1.74. The molecule has 0 aromatic carbocycles. The first-order valence-corrected chi connectivity index (χ1v) is 8.30. The number of aliphatic carboxylic acids is 1. The fourth-order valence-corrected chi connectivity index (χ4v) is 4.86. The van der Waals surface area contributed by atoms with Crippen molar-refractivity contribution in [3.05, 3.63) is 0 Å². The van der Waals surface area contributed by atoms with Crippen molar-refractivity contribution < 1.29 is 26.7 Å². The summed E-state index contributed by atoms with van der Waals surface area (Å²) in [7, 11) is -5.98. The third kappa shape index (κ3) is 2.96. The van der Waals surface area contributed by atoms with Crippen LogP contribution in [0.1, 0.15) is 13.3 Å². The van der Waals surface area contributed by atoms with Crippen LogP contribution in [0.25, 0.3) is 0 Å². The standard InChI is InChI=1S/C8H15NO6S2/c1-6(8(10)11)17(14,15)9(2)7-3-4-16(12,13)5-7/h6-7H,3-5H2,1-2H3,(H,10,11). The quantitative estimate of drug-likeness (QED) is 0.703. The summed E-state index contributed by atoms with van der Waals surface area (Å²) in [6.45, 7) is 1.07. The van der Waals surface area contributed by atoms with Crippen molar-refractivity contribution in [3.8, 4) is 0 Å². The molecular formula is C8H15NO6S2. The molecule has 1 N–H and O–H groups in total. The largest absolute Gasteiger partial charge is 0.480 e. The minimum absolute atomic E-state index is 0.0566. The van der Waals surface area contributed by atoms with Crippen LogP contribution in [0.5, 0.6) is 0 Å². The van der Waals surface area contributed by atoms with E-state index in [0.717, 1.165) is 11.2 Å². The number of carboxylic acids is 1. The Labute approximate surface area is 100 Å². The first-order valence-electron chi connectivity index (χ1n) is 4.98. The Bertz CT molecular complexity index is 508. The number of hydrogen-bond donors (Lipinski definition) is 1. The van der Waals surface area contributed by atoms with Gasteiger partial charge in [0.15, 0.2) is 15.1 Å². The molecular weight excluding hydrogens is 270 g/mol. The van der Waals surface area contributed by atoms with Gasteiger partial charge in [-0.1, -0.05) is 0 Å². The third-order valence-corrected chi connectivity index (χ3v) is 6.87. The Morgan fingerprint density at radius 1 is 1.47 bits per heavy atom. The summed E-state index contributed by atoms with van der Waals surface area (Å²) in [6.07, 6.45) is 0.213. The van der Waals surface area contributed by atoms with E-state index in [-0.39, 0.29) is 17.9 Å². The van der Waals surface area contributed by atoms with Crippen LogP contribution < -0.4 is 0 Å². The molecule has 1 fully saturated rings. The molecule has 0 bridgehead atoms. The lowest BCUT2D eigenvalue weighted by Crippen LogP contribution is -2.44. The van der Waals surface area contributed by atoms with Gasteiger partial charge in [0.1, 0.15) is 0 Å². The molecule has 1 heterocycles. The molecule has 1 aliphatic rings. The van der Waals surface area contributed by atoms with Gasteiger partial charge in [0.2, 0.25) is 10.0 Å². The van der Waals surface area contributed by atoms with Crippen molar-refractivity contribution in [1.82, 2.24) is 4.31 Å². The molecule has 100 valence electrons. The zero-order valence-corrected chi connectivity index (χ0v) is 11.2. The highest BCUT2D eigenvalue weighted by atomic mass is 32.2. The van der Waals surface area contributed by atoms with E-state index in [1.807, 2.05) is 0 Å². The van der Waals surface area contributed by atoms with Gasteiger partial charge < -0.3 is 5.11 Å². The number of sulfonamides is 1. The van der Waals surface area contributed by atoms with Gasteiger partial charge in [0.25, 0.3) is 0 Å². The van der Waals surface area contributed by atoms with Gasteiger partial charge in [-0.05, 0) is 13.3 Å². The van der Waals surface area contributed by atoms with Gasteiger partial charge in [-0.3, -0.25) is 4.79 Å². The molecule has 0 aliphatic carbocycles. The Morgan fingerprint density at radius 3 is 2.35 bits per heavy atom. The van der Waals surface area contributed by atoms with Gasteiger partial charge in [-0.2, -0.15) is 0 Å². The Hall–Kier alpha value is -0.670. The van der Waals surface area contributed by atoms with Crippen molar-refractivity contribution in [2.45, 2.75) is 24.6 Å². The number of carbonyl (C=O) groups is 1. The minimum Gasteiger partial charge on any atom is -0.480 e. The van der Waals surface area contributed by atoms with E-state index in [4.69, 9.17) is 5.11 Å². The molecule has 1 aliphatic heterocycles. The predicted octanol–water partition coefficient (Wildman–Crippen LogP) is -1.09. The first kappa shape index (κ1) is 14.4. The average molecular weight is 285 g/mol. The van der Waals surface area contributed by atoms with Crippen LogP contribution in [0, 0.1) is 0 Å². The Kier molecular flexibility index (Phi) is 3.84. The zero-order valence-electron chi connectivity index (χ0n) is 9.53. The third-order valence-electron chi connectivity index (χ3n) is 2.92. The lowest BCUT2D eigenvalue weighted by atomic mass is 10.3. The smallest absolute Gasteiger partial charge is 0.323 e.